The molecule has 4 nitrogen and oxygen atoms in total. The average Bonchev–Trinajstić information content (AvgIpc) is 3.37. The van der Waals surface area contributed by atoms with Crippen molar-refractivity contribution in [3.63, 3.8) is 0 Å². The molecule has 2 aliphatic heterocycles. The van der Waals surface area contributed by atoms with E-state index in [1.165, 1.54) is 18.2 Å². The van der Waals surface area contributed by atoms with E-state index in [2.05, 4.69) is 9.98 Å². The molecule has 1 aromatic heterocycles. The zero-order chi connectivity index (χ0) is 24.1. The zero-order valence-electron chi connectivity index (χ0n) is 17.7. The SMILES string of the molecule is O=C1c2ccc(C3=NC[C@](c4cc(Cl)cc(Cl)c4)(C(F)(F)F)C3)cc2CN1Cc1ccccn1. The number of fused-ring (bicyclic) bond motifs is 1. The Morgan fingerprint density at radius 2 is 1.79 bits per heavy atom. The largest absolute Gasteiger partial charge is 0.400 e. The lowest BCUT2D eigenvalue weighted by Gasteiger charge is -2.31. The van der Waals surface area contributed by atoms with Gasteiger partial charge in [-0.05, 0) is 59.2 Å². The summed E-state index contributed by atoms with van der Waals surface area (Å²) in [6.45, 7) is 0.266. The van der Waals surface area contributed by atoms with Gasteiger partial charge in [0.15, 0.2) is 0 Å². The van der Waals surface area contributed by atoms with Crippen molar-refractivity contribution in [3.05, 3.63) is 98.8 Å². The molecular weight excluding hydrogens is 486 g/mol. The normalized spacial score (nSPS) is 20.0. The van der Waals surface area contributed by atoms with Gasteiger partial charge in [0, 0.05) is 40.5 Å². The number of carbonyl (C=O) groups is 1. The molecule has 0 saturated carbocycles. The first kappa shape index (κ1) is 22.9. The zero-order valence-corrected chi connectivity index (χ0v) is 19.3. The van der Waals surface area contributed by atoms with Crippen molar-refractivity contribution in [3.8, 4) is 0 Å². The van der Waals surface area contributed by atoms with E-state index in [4.69, 9.17) is 23.2 Å². The molecule has 9 heteroatoms. The Morgan fingerprint density at radius 1 is 1.03 bits per heavy atom. The summed E-state index contributed by atoms with van der Waals surface area (Å²) in [5, 5.41) is 0.284. The number of hydrogen-bond donors (Lipinski definition) is 0. The minimum absolute atomic E-state index is 0.00544. The molecule has 5 rings (SSSR count). The van der Waals surface area contributed by atoms with Gasteiger partial charge in [-0.25, -0.2) is 0 Å². The van der Waals surface area contributed by atoms with Crippen molar-refractivity contribution in [1.29, 1.82) is 0 Å². The van der Waals surface area contributed by atoms with E-state index < -0.39 is 18.1 Å². The number of alkyl halides is 3. The summed E-state index contributed by atoms with van der Waals surface area (Å²) in [6, 6.07) is 14.6. The van der Waals surface area contributed by atoms with Crippen molar-refractivity contribution in [1.82, 2.24) is 9.88 Å². The summed E-state index contributed by atoms with van der Waals surface area (Å²) in [4.78, 5) is 23.0. The standard InChI is InChI=1S/C25H18Cl2F3N3O/c26-18-8-17(9-19(27)10-18)24(25(28,29)30)11-22(32-14-24)15-4-5-21-16(7-15)12-33(23(21)34)13-20-3-1-2-6-31-20/h1-10H,11-14H2/t24-/m1/s1. The molecule has 0 radical (unpaired) electrons. The lowest BCUT2D eigenvalue weighted by molar-refractivity contribution is -0.183. The van der Waals surface area contributed by atoms with Crippen LogP contribution in [0.2, 0.25) is 10.0 Å². The van der Waals surface area contributed by atoms with Crippen molar-refractivity contribution in [2.45, 2.75) is 31.1 Å². The van der Waals surface area contributed by atoms with Gasteiger partial charge < -0.3 is 4.90 Å². The summed E-state index contributed by atoms with van der Waals surface area (Å²) < 4.78 is 43.1. The maximum absolute atomic E-state index is 14.4. The predicted molar refractivity (Wildman–Crippen MR) is 124 cm³/mol. The van der Waals surface area contributed by atoms with Crippen LogP contribution in [0, 0.1) is 0 Å². The van der Waals surface area contributed by atoms with E-state index in [9.17, 15) is 18.0 Å². The molecule has 2 aromatic carbocycles. The van der Waals surface area contributed by atoms with Gasteiger partial charge in [0.05, 0.1) is 18.8 Å². The highest BCUT2D eigenvalue weighted by molar-refractivity contribution is 6.34. The molecule has 3 heterocycles. The number of aliphatic imine (C=N–C) groups is 1. The lowest BCUT2D eigenvalue weighted by Crippen LogP contribution is -2.43. The third kappa shape index (κ3) is 3.97. The van der Waals surface area contributed by atoms with E-state index in [1.807, 2.05) is 12.1 Å². The number of halogens is 5. The number of benzene rings is 2. The highest BCUT2D eigenvalue weighted by Crippen LogP contribution is 2.49. The third-order valence-electron chi connectivity index (χ3n) is 6.36. The highest BCUT2D eigenvalue weighted by atomic mass is 35.5. The maximum Gasteiger partial charge on any atom is 0.400 e. The second-order valence-electron chi connectivity index (χ2n) is 8.53. The molecule has 0 saturated heterocycles. The molecule has 0 bridgehead atoms. The molecule has 34 heavy (non-hydrogen) atoms. The van der Waals surface area contributed by atoms with Gasteiger partial charge in [-0.15, -0.1) is 0 Å². The number of nitrogens with zero attached hydrogens (tertiary/aromatic N) is 3. The summed E-state index contributed by atoms with van der Waals surface area (Å²) in [7, 11) is 0. The fraction of sp³-hybridized carbons (Fsp3) is 0.240. The molecular formula is C25H18Cl2F3N3O. The van der Waals surface area contributed by atoms with Crippen LogP contribution in [0.4, 0.5) is 13.2 Å². The Bertz CT molecular complexity index is 1290. The minimum atomic E-state index is -4.56. The number of rotatable bonds is 4. The Labute approximate surface area is 204 Å². The molecule has 0 aliphatic carbocycles. The number of hydrogen-bond acceptors (Lipinski definition) is 3. The van der Waals surface area contributed by atoms with Crippen LogP contribution in [0.15, 0.2) is 65.8 Å². The molecule has 174 valence electrons. The molecule has 0 unspecified atom stereocenters. The number of amides is 1. The van der Waals surface area contributed by atoms with Crippen LogP contribution in [0.25, 0.3) is 0 Å². The highest BCUT2D eigenvalue weighted by Gasteiger charge is 2.58. The van der Waals surface area contributed by atoms with Gasteiger partial charge in [0.1, 0.15) is 5.41 Å². The number of carbonyl (C=O) groups excluding carboxylic acids is 1. The maximum atomic E-state index is 14.4. The van der Waals surface area contributed by atoms with Crippen molar-refractivity contribution < 1.29 is 18.0 Å². The van der Waals surface area contributed by atoms with Crippen LogP contribution >= 0.6 is 23.2 Å². The van der Waals surface area contributed by atoms with Crippen molar-refractivity contribution in [2.75, 3.05) is 6.54 Å². The van der Waals surface area contributed by atoms with Gasteiger partial charge >= 0.3 is 6.18 Å². The van der Waals surface area contributed by atoms with Crippen LogP contribution in [-0.2, 0) is 18.5 Å². The Morgan fingerprint density at radius 3 is 2.47 bits per heavy atom. The second-order valence-corrected chi connectivity index (χ2v) is 9.40. The predicted octanol–water partition coefficient (Wildman–Crippen LogP) is 6.24. The van der Waals surface area contributed by atoms with E-state index in [1.54, 1.807) is 35.4 Å². The quantitative estimate of drug-likeness (QED) is 0.423. The van der Waals surface area contributed by atoms with Gasteiger partial charge in [-0.2, -0.15) is 13.2 Å². The molecule has 3 aromatic rings. The monoisotopic (exact) mass is 503 g/mol. The molecule has 0 fully saturated rings. The van der Waals surface area contributed by atoms with E-state index in [0.717, 1.165) is 11.3 Å². The van der Waals surface area contributed by atoms with Gasteiger partial charge in [0.2, 0.25) is 0 Å². The van der Waals surface area contributed by atoms with Gasteiger partial charge in [-0.1, -0.05) is 35.3 Å². The fourth-order valence-corrected chi connectivity index (χ4v) is 5.10. The van der Waals surface area contributed by atoms with Gasteiger partial charge in [0.25, 0.3) is 5.91 Å². The van der Waals surface area contributed by atoms with E-state index in [0.29, 0.717) is 29.9 Å². The third-order valence-corrected chi connectivity index (χ3v) is 6.80. The smallest absolute Gasteiger partial charge is 0.328 e. The first-order valence-corrected chi connectivity index (χ1v) is 11.3. The van der Waals surface area contributed by atoms with Crippen LogP contribution in [0.3, 0.4) is 0 Å². The van der Waals surface area contributed by atoms with Crippen LogP contribution < -0.4 is 0 Å². The number of pyridine rings is 1. The second kappa shape index (κ2) is 8.40. The van der Waals surface area contributed by atoms with Crippen LogP contribution in [0.1, 0.15) is 39.2 Å². The Hall–Kier alpha value is -2.90. The van der Waals surface area contributed by atoms with E-state index >= 15 is 0 Å². The van der Waals surface area contributed by atoms with Crippen LogP contribution in [0.5, 0.6) is 0 Å². The van der Waals surface area contributed by atoms with Gasteiger partial charge in [-0.3, -0.25) is 14.8 Å². The summed E-state index contributed by atoms with van der Waals surface area (Å²) in [5.41, 5.74) is 0.764. The topological polar surface area (TPSA) is 45.6 Å². The Balaban J connectivity index is 1.42. The first-order valence-electron chi connectivity index (χ1n) is 10.6. The summed E-state index contributed by atoms with van der Waals surface area (Å²) >= 11 is 12.0. The van der Waals surface area contributed by atoms with Crippen molar-refractivity contribution in [2.24, 2.45) is 4.99 Å². The molecule has 1 atom stereocenters. The minimum Gasteiger partial charge on any atom is -0.328 e. The number of aromatic nitrogens is 1. The Kier molecular flexibility index (Phi) is 5.65. The summed E-state index contributed by atoms with van der Waals surface area (Å²) in [5.74, 6) is -0.126. The molecule has 2 aliphatic rings. The first-order chi connectivity index (χ1) is 16.2. The van der Waals surface area contributed by atoms with Crippen molar-refractivity contribution >= 4 is 34.8 Å². The average molecular weight is 504 g/mol. The molecule has 0 N–H and O–H groups in total. The summed E-state index contributed by atoms with van der Waals surface area (Å²) in [6.07, 6.45) is -3.23. The van der Waals surface area contributed by atoms with E-state index in [-0.39, 0.29) is 27.9 Å². The fourth-order valence-electron chi connectivity index (χ4n) is 4.57. The lowest BCUT2D eigenvalue weighted by atomic mass is 9.76. The molecule has 1 amide bonds. The van der Waals surface area contributed by atoms with Crippen LogP contribution in [-0.4, -0.2) is 34.2 Å². The molecule has 0 spiro atoms.